The lowest BCUT2D eigenvalue weighted by molar-refractivity contribution is -0.138. The lowest BCUT2D eigenvalue weighted by Crippen LogP contribution is -2.57. The summed E-state index contributed by atoms with van der Waals surface area (Å²) in [5, 5.41) is 19.7. The van der Waals surface area contributed by atoms with Crippen molar-refractivity contribution in [1.29, 1.82) is 0 Å². The second-order valence-electron chi connectivity index (χ2n) is 12.6. The Balaban J connectivity index is 1.31. The number of fused-ring (bicyclic) bond motifs is 14. The van der Waals surface area contributed by atoms with Gasteiger partial charge in [0.1, 0.15) is 41.1 Å². The van der Waals surface area contributed by atoms with Crippen LogP contribution in [0, 0.1) is 5.92 Å². The molecule has 0 fully saturated rings. The molecule has 3 aromatic carbocycles. The van der Waals surface area contributed by atoms with E-state index in [9.17, 15) is 24.3 Å². The molecule has 0 saturated carbocycles. The van der Waals surface area contributed by atoms with Gasteiger partial charge in [0.2, 0.25) is 17.7 Å². The fourth-order valence-electron chi connectivity index (χ4n) is 6.17. The highest BCUT2D eigenvalue weighted by Gasteiger charge is 2.33. The molecule has 0 saturated heterocycles. The Labute approximate surface area is 277 Å². The average molecular weight is 654 g/mol. The van der Waals surface area contributed by atoms with Gasteiger partial charge in [0.15, 0.2) is 0 Å². The molecule has 4 amide bonds. The molecule has 3 aliphatic heterocycles. The normalized spacial score (nSPS) is 20.2. The van der Waals surface area contributed by atoms with E-state index in [1.54, 1.807) is 50.1 Å². The maximum atomic E-state index is 14.2. The zero-order chi connectivity index (χ0) is 34.1. The lowest BCUT2D eigenvalue weighted by atomic mass is 10.00. The smallest absolute Gasteiger partial charge is 0.255 e. The van der Waals surface area contributed by atoms with Crippen LogP contribution in [0.4, 0.5) is 0 Å². The standard InChI is InChI=1S/C36H39N5O7/c1-19(2)32-35(45)37-20(3)33(43)39-30(36(46)41-14-13-29-27(18-41)25-16-23(47-4)9-11-28(25)38-29)15-21-5-7-22(8-6-21)48-24-10-12-31(42)26(17-24)34(44)40-32/h5-12,16-17,19-20,30,32,38,42H,13-15,18H2,1-4H3,(H,37,45)(H,39,43)(H,40,44)/t20-,30+,32-/m0/s1. The zero-order valence-corrected chi connectivity index (χ0v) is 27.3. The molecule has 0 unspecified atom stereocenters. The van der Waals surface area contributed by atoms with E-state index in [0.717, 1.165) is 33.5 Å². The maximum Gasteiger partial charge on any atom is 0.255 e. The Morgan fingerprint density at radius 2 is 1.71 bits per heavy atom. The van der Waals surface area contributed by atoms with Crippen LogP contribution in [0.5, 0.6) is 23.0 Å². The van der Waals surface area contributed by atoms with Gasteiger partial charge < -0.3 is 40.4 Å². The van der Waals surface area contributed by atoms with Crippen molar-refractivity contribution in [3.8, 4) is 23.0 Å². The van der Waals surface area contributed by atoms with Gasteiger partial charge >= 0.3 is 0 Å². The van der Waals surface area contributed by atoms with Gasteiger partial charge in [0, 0.05) is 48.1 Å². The van der Waals surface area contributed by atoms with Gasteiger partial charge in [-0.1, -0.05) is 26.0 Å². The van der Waals surface area contributed by atoms with E-state index in [0.29, 0.717) is 31.0 Å². The second kappa shape index (κ2) is 13.3. The Morgan fingerprint density at radius 1 is 0.958 bits per heavy atom. The molecule has 12 nitrogen and oxygen atoms in total. The summed E-state index contributed by atoms with van der Waals surface area (Å²) in [6, 6.07) is 14.2. The third kappa shape index (κ3) is 6.64. The molecule has 0 aliphatic carbocycles. The number of aromatic nitrogens is 1. The Morgan fingerprint density at radius 3 is 2.44 bits per heavy atom. The van der Waals surface area contributed by atoms with Crippen LogP contribution in [0.25, 0.3) is 10.9 Å². The van der Waals surface area contributed by atoms with E-state index in [4.69, 9.17) is 9.47 Å². The van der Waals surface area contributed by atoms with Crippen LogP contribution in [0.15, 0.2) is 60.7 Å². The summed E-state index contributed by atoms with van der Waals surface area (Å²) in [6.45, 7) is 5.86. The van der Waals surface area contributed by atoms with Crippen LogP contribution < -0.4 is 25.4 Å². The van der Waals surface area contributed by atoms with Crippen molar-refractivity contribution in [2.45, 2.75) is 58.3 Å². The number of hydrogen-bond acceptors (Lipinski definition) is 7. The molecule has 4 heterocycles. The van der Waals surface area contributed by atoms with E-state index in [2.05, 4.69) is 20.9 Å². The molecule has 250 valence electrons. The first kappa shape index (κ1) is 32.4. The fourth-order valence-corrected chi connectivity index (χ4v) is 6.17. The van der Waals surface area contributed by atoms with Crippen molar-refractivity contribution in [2.24, 2.45) is 5.92 Å². The topological polar surface area (TPSA) is 162 Å². The quantitative estimate of drug-likeness (QED) is 0.211. The van der Waals surface area contributed by atoms with E-state index < -0.39 is 35.8 Å². The molecule has 1 aromatic heterocycles. The zero-order valence-electron chi connectivity index (χ0n) is 27.3. The highest BCUT2D eigenvalue weighted by Crippen LogP contribution is 2.31. The van der Waals surface area contributed by atoms with Crippen molar-refractivity contribution < 1.29 is 33.8 Å². The number of carbonyl (C=O) groups excluding carboxylic acids is 4. The van der Waals surface area contributed by atoms with Crippen LogP contribution in [0.3, 0.4) is 0 Å². The maximum absolute atomic E-state index is 14.2. The summed E-state index contributed by atoms with van der Waals surface area (Å²) < 4.78 is 11.4. The van der Waals surface area contributed by atoms with Crippen LogP contribution in [0.1, 0.15) is 48.0 Å². The van der Waals surface area contributed by atoms with E-state index in [1.807, 2.05) is 18.2 Å². The number of phenolic OH excluding ortho intramolecular Hbond substituents is 1. The van der Waals surface area contributed by atoms with Gasteiger partial charge in [0.25, 0.3) is 5.91 Å². The Hall–Kier alpha value is -5.52. The first-order valence-electron chi connectivity index (χ1n) is 16.0. The van der Waals surface area contributed by atoms with Crippen molar-refractivity contribution in [3.05, 3.63) is 83.0 Å². The summed E-state index contributed by atoms with van der Waals surface area (Å²) in [5.41, 5.74) is 3.75. The number of rotatable bonds is 3. The number of phenols is 1. The predicted molar refractivity (Wildman–Crippen MR) is 178 cm³/mol. The molecule has 12 heteroatoms. The highest BCUT2D eigenvalue weighted by atomic mass is 16.5. The van der Waals surface area contributed by atoms with Crippen LogP contribution in [0.2, 0.25) is 0 Å². The Kier molecular flexibility index (Phi) is 8.99. The number of methoxy groups -OCH3 is 1. The van der Waals surface area contributed by atoms with Crippen LogP contribution in [-0.4, -0.2) is 70.4 Å². The molecule has 5 N–H and O–H groups in total. The van der Waals surface area contributed by atoms with Crippen molar-refractivity contribution in [3.63, 3.8) is 0 Å². The monoisotopic (exact) mass is 653 g/mol. The SMILES string of the molecule is COc1ccc2[nH]c3c(c2c1)CN(C(=O)[C@H]1Cc2ccc(cc2)Oc2ccc(O)c(c2)C(=O)N[C@@H](C(C)C)C(=O)N[C@@H](C)C(=O)N1)CC3. The third-order valence-electron chi connectivity index (χ3n) is 8.91. The van der Waals surface area contributed by atoms with E-state index in [-0.39, 0.29) is 29.6 Å². The van der Waals surface area contributed by atoms with Gasteiger partial charge in [-0.2, -0.15) is 0 Å². The number of aromatic hydroxyl groups is 1. The molecular weight excluding hydrogens is 614 g/mol. The molecule has 3 aliphatic rings. The highest BCUT2D eigenvalue weighted by molar-refractivity contribution is 6.01. The van der Waals surface area contributed by atoms with Gasteiger partial charge in [-0.3, -0.25) is 19.2 Å². The number of hydrogen-bond donors (Lipinski definition) is 5. The summed E-state index contributed by atoms with van der Waals surface area (Å²) in [5.74, 6) is -1.17. The number of H-pyrrole nitrogens is 1. The van der Waals surface area contributed by atoms with Crippen molar-refractivity contribution in [2.75, 3.05) is 13.7 Å². The minimum atomic E-state index is -1.02. The first-order chi connectivity index (χ1) is 23.0. The summed E-state index contributed by atoms with van der Waals surface area (Å²) in [7, 11) is 1.61. The number of nitrogens with one attached hydrogen (secondary N) is 4. The predicted octanol–water partition coefficient (Wildman–Crippen LogP) is 3.56. The molecule has 3 atom stereocenters. The van der Waals surface area contributed by atoms with Gasteiger partial charge in [-0.15, -0.1) is 0 Å². The third-order valence-corrected chi connectivity index (χ3v) is 8.91. The molecule has 4 aromatic rings. The molecular formula is C36H39N5O7. The second-order valence-corrected chi connectivity index (χ2v) is 12.6. The number of aromatic amines is 1. The van der Waals surface area contributed by atoms with E-state index >= 15 is 0 Å². The minimum absolute atomic E-state index is 0.0626. The summed E-state index contributed by atoms with van der Waals surface area (Å²) in [4.78, 5) is 59.5. The number of ether oxygens (including phenoxy) is 2. The largest absolute Gasteiger partial charge is 0.507 e. The number of nitrogens with zero attached hydrogens (tertiary/aromatic N) is 1. The van der Waals surface area contributed by atoms with Crippen LogP contribution in [-0.2, 0) is 33.8 Å². The molecule has 0 spiro atoms. The summed E-state index contributed by atoms with van der Waals surface area (Å²) in [6.07, 6.45) is 0.823. The molecule has 7 rings (SSSR count). The minimum Gasteiger partial charge on any atom is -0.507 e. The van der Waals surface area contributed by atoms with Gasteiger partial charge in [-0.05, 0) is 66.9 Å². The first-order valence-corrected chi connectivity index (χ1v) is 16.0. The lowest BCUT2D eigenvalue weighted by Gasteiger charge is -2.32. The molecule has 0 radical (unpaired) electrons. The number of carbonyl (C=O) groups is 4. The van der Waals surface area contributed by atoms with Crippen LogP contribution >= 0.6 is 0 Å². The number of amides is 4. The van der Waals surface area contributed by atoms with Crippen molar-refractivity contribution in [1.82, 2.24) is 25.8 Å². The van der Waals surface area contributed by atoms with Crippen molar-refractivity contribution >= 4 is 34.5 Å². The van der Waals surface area contributed by atoms with Gasteiger partial charge in [0.05, 0.1) is 12.7 Å². The molecule has 48 heavy (non-hydrogen) atoms. The number of benzene rings is 3. The molecule has 4 bridgehead atoms. The fraction of sp³-hybridized carbons (Fsp3) is 0.333. The summed E-state index contributed by atoms with van der Waals surface area (Å²) >= 11 is 0. The Bertz CT molecular complexity index is 1880. The average Bonchev–Trinajstić information content (AvgIpc) is 3.44. The van der Waals surface area contributed by atoms with Gasteiger partial charge in [-0.25, -0.2) is 0 Å². The van der Waals surface area contributed by atoms with E-state index in [1.165, 1.54) is 25.1 Å².